The molecule has 2 rings (SSSR count). The summed E-state index contributed by atoms with van der Waals surface area (Å²) in [6.45, 7) is 1.08. The third-order valence-electron chi connectivity index (χ3n) is 3.06. The van der Waals surface area contributed by atoms with E-state index in [1.165, 1.54) is 12.6 Å². The molecule has 4 nitrogen and oxygen atoms in total. The fourth-order valence-electron chi connectivity index (χ4n) is 2.27. The molecule has 0 aromatic carbocycles. The Hall–Kier alpha value is -0.580. The Kier molecular flexibility index (Phi) is 4.42. The van der Waals surface area contributed by atoms with Gasteiger partial charge in [-0.3, -0.25) is 0 Å². The first-order chi connectivity index (χ1) is 8.22. The lowest BCUT2D eigenvalue weighted by atomic mass is 10.00. The van der Waals surface area contributed by atoms with Crippen molar-refractivity contribution in [3.8, 4) is 0 Å². The minimum absolute atomic E-state index is 0.178. The summed E-state index contributed by atoms with van der Waals surface area (Å²) in [5.41, 5.74) is 0. The average Bonchev–Trinajstić information content (AvgIpc) is 2.34. The predicted octanol–water partition coefficient (Wildman–Crippen LogP) is 2.52. The SMILES string of the molecule is OCCC1CCCCN1c1nc(Cl)ncc1Cl. The van der Waals surface area contributed by atoms with E-state index in [1.54, 1.807) is 0 Å². The largest absolute Gasteiger partial charge is 0.396 e. The normalized spacial score (nSPS) is 20.6. The van der Waals surface area contributed by atoms with Gasteiger partial charge < -0.3 is 10.0 Å². The molecule has 1 fully saturated rings. The molecule has 94 valence electrons. The van der Waals surface area contributed by atoms with Crippen molar-refractivity contribution in [1.29, 1.82) is 0 Å². The monoisotopic (exact) mass is 275 g/mol. The van der Waals surface area contributed by atoms with Gasteiger partial charge in [-0.15, -0.1) is 0 Å². The van der Waals surface area contributed by atoms with Crippen molar-refractivity contribution in [1.82, 2.24) is 9.97 Å². The van der Waals surface area contributed by atoms with Crippen LogP contribution in [0.3, 0.4) is 0 Å². The van der Waals surface area contributed by atoms with Crippen LogP contribution in [0.15, 0.2) is 6.20 Å². The molecule has 1 atom stereocenters. The van der Waals surface area contributed by atoms with E-state index in [0.717, 1.165) is 25.8 Å². The lowest BCUT2D eigenvalue weighted by Crippen LogP contribution is -2.40. The number of aromatic nitrogens is 2. The number of piperidine rings is 1. The summed E-state index contributed by atoms with van der Waals surface area (Å²) < 4.78 is 0. The standard InChI is InChI=1S/C11H15Cl2N3O/c12-9-7-14-11(13)15-10(9)16-5-2-1-3-8(16)4-6-17/h7-8,17H,1-6H2. The molecule has 6 heteroatoms. The highest BCUT2D eigenvalue weighted by atomic mass is 35.5. The Balaban J connectivity index is 2.25. The van der Waals surface area contributed by atoms with Crippen molar-refractivity contribution in [2.75, 3.05) is 18.1 Å². The van der Waals surface area contributed by atoms with E-state index in [9.17, 15) is 0 Å². The topological polar surface area (TPSA) is 49.2 Å². The number of rotatable bonds is 3. The van der Waals surface area contributed by atoms with Gasteiger partial charge in [0.1, 0.15) is 5.02 Å². The fraction of sp³-hybridized carbons (Fsp3) is 0.636. The molecule has 1 aliphatic heterocycles. The molecule has 0 radical (unpaired) electrons. The number of aliphatic hydroxyl groups is 1. The zero-order valence-corrected chi connectivity index (χ0v) is 11.0. The number of anilines is 1. The molecular formula is C11H15Cl2N3O. The zero-order valence-electron chi connectivity index (χ0n) is 9.44. The van der Waals surface area contributed by atoms with E-state index >= 15 is 0 Å². The molecule has 1 N–H and O–H groups in total. The quantitative estimate of drug-likeness (QED) is 0.862. The summed E-state index contributed by atoms with van der Waals surface area (Å²) in [4.78, 5) is 10.2. The summed E-state index contributed by atoms with van der Waals surface area (Å²) in [5.74, 6) is 0.685. The number of aliphatic hydroxyl groups excluding tert-OH is 1. The van der Waals surface area contributed by atoms with Crippen molar-refractivity contribution in [2.45, 2.75) is 31.7 Å². The van der Waals surface area contributed by atoms with Gasteiger partial charge in [-0.1, -0.05) is 11.6 Å². The minimum atomic E-state index is 0.178. The molecule has 17 heavy (non-hydrogen) atoms. The molecule has 0 saturated carbocycles. The van der Waals surface area contributed by atoms with Crippen molar-refractivity contribution < 1.29 is 5.11 Å². The van der Waals surface area contributed by atoms with Crippen molar-refractivity contribution >= 4 is 29.0 Å². The summed E-state index contributed by atoms with van der Waals surface area (Å²) in [7, 11) is 0. The van der Waals surface area contributed by atoms with Crippen LogP contribution in [-0.2, 0) is 0 Å². The molecule has 1 aliphatic rings. The van der Waals surface area contributed by atoms with Gasteiger partial charge in [0, 0.05) is 19.2 Å². The molecule has 1 aromatic heterocycles. The second-order valence-electron chi connectivity index (χ2n) is 4.17. The number of halogens is 2. The highest BCUT2D eigenvalue weighted by molar-refractivity contribution is 6.33. The summed E-state index contributed by atoms with van der Waals surface area (Å²) in [5, 5.41) is 9.81. The molecule has 0 aliphatic carbocycles. The Morgan fingerprint density at radius 3 is 3.00 bits per heavy atom. The molecular weight excluding hydrogens is 261 g/mol. The first-order valence-electron chi connectivity index (χ1n) is 5.78. The smallest absolute Gasteiger partial charge is 0.224 e. The molecule has 0 amide bonds. The first-order valence-corrected chi connectivity index (χ1v) is 6.53. The fourth-order valence-corrected chi connectivity index (χ4v) is 2.60. The third kappa shape index (κ3) is 3.00. The maximum atomic E-state index is 9.09. The Bertz CT molecular complexity index is 387. The third-order valence-corrected chi connectivity index (χ3v) is 3.51. The van der Waals surface area contributed by atoms with Gasteiger partial charge in [-0.05, 0) is 37.3 Å². The number of hydrogen-bond acceptors (Lipinski definition) is 4. The lowest BCUT2D eigenvalue weighted by Gasteiger charge is -2.36. The Labute approximate surface area is 111 Å². The molecule has 0 bridgehead atoms. The van der Waals surface area contributed by atoms with Crippen molar-refractivity contribution in [2.24, 2.45) is 0 Å². The van der Waals surface area contributed by atoms with Crippen LogP contribution in [0, 0.1) is 0 Å². The predicted molar refractivity (Wildman–Crippen MR) is 68.7 cm³/mol. The molecule has 1 saturated heterocycles. The van der Waals surface area contributed by atoms with E-state index in [1.807, 2.05) is 0 Å². The van der Waals surface area contributed by atoms with E-state index in [0.29, 0.717) is 10.8 Å². The van der Waals surface area contributed by atoms with Crippen LogP contribution in [0.4, 0.5) is 5.82 Å². The second kappa shape index (κ2) is 5.85. The van der Waals surface area contributed by atoms with Gasteiger partial charge >= 0.3 is 0 Å². The number of nitrogens with zero attached hydrogens (tertiary/aromatic N) is 3. The number of hydrogen-bond donors (Lipinski definition) is 1. The van der Waals surface area contributed by atoms with Gasteiger partial charge in [-0.2, -0.15) is 4.98 Å². The van der Waals surface area contributed by atoms with Crippen LogP contribution in [0.1, 0.15) is 25.7 Å². The Morgan fingerprint density at radius 2 is 2.24 bits per heavy atom. The molecule has 1 unspecified atom stereocenters. The minimum Gasteiger partial charge on any atom is -0.396 e. The maximum absolute atomic E-state index is 9.09. The zero-order chi connectivity index (χ0) is 12.3. The second-order valence-corrected chi connectivity index (χ2v) is 4.91. The first kappa shape index (κ1) is 12.9. The van der Waals surface area contributed by atoms with E-state index < -0.39 is 0 Å². The Morgan fingerprint density at radius 1 is 1.41 bits per heavy atom. The van der Waals surface area contributed by atoms with E-state index in [2.05, 4.69) is 14.9 Å². The van der Waals surface area contributed by atoms with Crippen LogP contribution < -0.4 is 4.90 Å². The average molecular weight is 276 g/mol. The highest BCUT2D eigenvalue weighted by Crippen LogP contribution is 2.30. The maximum Gasteiger partial charge on any atom is 0.224 e. The van der Waals surface area contributed by atoms with Crippen LogP contribution in [-0.4, -0.2) is 34.3 Å². The summed E-state index contributed by atoms with van der Waals surface area (Å²) >= 11 is 11.9. The van der Waals surface area contributed by atoms with Gasteiger partial charge in [0.2, 0.25) is 5.28 Å². The van der Waals surface area contributed by atoms with Gasteiger partial charge in [0.25, 0.3) is 0 Å². The van der Waals surface area contributed by atoms with Crippen LogP contribution in [0.5, 0.6) is 0 Å². The van der Waals surface area contributed by atoms with Crippen LogP contribution in [0.25, 0.3) is 0 Å². The summed E-state index contributed by atoms with van der Waals surface area (Å²) in [6, 6.07) is 0.289. The molecule has 0 spiro atoms. The molecule has 1 aromatic rings. The highest BCUT2D eigenvalue weighted by Gasteiger charge is 2.25. The van der Waals surface area contributed by atoms with Crippen molar-refractivity contribution in [3.63, 3.8) is 0 Å². The molecule has 2 heterocycles. The van der Waals surface area contributed by atoms with Gasteiger partial charge in [-0.25, -0.2) is 4.98 Å². The summed E-state index contributed by atoms with van der Waals surface area (Å²) in [6.07, 6.45) is 5.60. The lowest BCUT2D eigenvalue weighted by molar-refractivity contribution is 0.262. The van der Waals surface area contributed by atoms with Crippen LogP contribution in [0.2, 0.25) is 10.3 Å². The van der Waals surface area contributed by atoms with Gasteiger partial charge in [0.15, 0.2) is 5.82 Å². The van der Waals surface area contributed by atoms with E-state index in [4.69, 9.17) is 28.3 Å². The van der Waals surface area contributed by atoms with Crippen LogP contribution >= 0.6 is 23.2 Å². The van der Waals surface area contributed by atoms with Crippen molar-refractivity contribution in [3.05, 3.63) is 16.5 Å². The van der Waals surface area contributed by atoms with E-state index in [-0.39, 0.29) is 17.9 Å². The van der Waals surface area contributed by atoms with Gasteiger partial charge in [0.05, 0.1) is 6.20 Å².